The number of hydrogen-bond donors (Lipinski definition) is 1. The average Bonchev–Trinajstić information content (AvgIpc) is 2.04. The van der Waals surface area contributed by atoms with Crippen LogP contribution in [0.4, 0.5) is 0 Å². The van der Waals surface area contributed by atoms with Gasteiger partial charge < -0.3 is 5.11 Å². The molecule has 1 N–H and O–H groups in total. The van der Waals surface area contributed by atoms with Gasteiger partial charge in [0.25, 0.3) is 0 Å². The third-order valence-electron chi connectivity index (χ3n) is 1.15. The van der Waals surface area contributed by atoms with Crippen molar-refractivity contribution in [1.29, 1.82) is 0 Å². The van der Waals surface area contributed by atoms with E-state index in [4.69, 9.17) is 10.6 Å². The molecular weight excluding hydrogens is 128 g/mol. The maximum atomic E-state index is 10.6. The minimum atomic E-state index is -2.83. The zero-order chi connectivity index (χ0) is 11.6. The summed E-state index contributed by atoms with van der Waals surface area (Å²) in [4.78, 5) is 10.6. The van der Waals surface area contributed by atoms with Crippen LogP contribution in [0.3, 0.4) is 0 Å². The Balaban J connectivity index is 4.83. The van der Waals surface area contributed by atoms with Crippen molar-refractivity contribution in [1.82, 2.24) is 0 Å². The predicted molar refractivity (Wildman–Crippen MR) is 40.9 cm³/mol. The van der Waals surface area contributed by atoms with E-state index in [-0.39, 0.29) is 0 Å². The van der Waals surface area contributed by atoms with E-state index in [2.05, 4.69) is 0 Å². The third-order valence-corrected chi connectivity index (χ3v) is 1.15. The van der Waals surface area contributed by atoms with E-state index >= 15 is 0 Å². The molecule has 0 aromatic rings. The lowest BCUT2D eigenvalue weighted by molar-refractivity contribution is -0.137. The van der Waals surface area contributed by atoms with Gasteiger partial charge in [0.2, 0.25) is 0 Å². The largest absolute Gasteiger partial charge is 0.481 e. The Hall–Kier alpha value is -0.530. The maximum Gasteiger partial charge on any atom is 0.303 e. The van der Waals surface area contributed by atoms with E-state index in [1.807, 2.05) is 6.92 Å². The Kier molecular flexibility index (Phi) is 2.30. The number of carboxylic acid groups (broad SMARTS) is 1. The van der Waals surface area contributed by atoms with E-state index < -0.39 is 24.6 Å². The van der Waals surface area contributed by atoms with Crippen molar-refractivity contribution in [2.75, 3.05) is 0 Å². The molecule has 0 bridgehead atoms. The summed E-state index contributed by atoms with van der Waals surface area (Å²) < 4.78 is 29.3. The fraction of sp³-hybridized carbons (Fsp3) is 0.875. The fourth-order valence-corrected chi connectivity index (χ4v) is 0.690. The number of carbonyl (C=O) groups is 1. The first kappa shape index (κ1) is 4.37. The van der Waals surface area contributed by atoms with Gasteiger partial charge in [0.1, 0.15) is 0 Å². The van der Waals surface area contributed by atoms with Crippen LogP contribution in [-0.2, 0) is 4.79 Å². The van der Waals surface area contributed by atoms with Crippen LogP contribution in [0.25, 0.3) is 0 Å². The highest BCUT2D eigenvalue weighted by molar-refractivity contribution is 5.66. The van der Waals surface area contributed by atoms with Crippen molar-refractivity contribution < 1.29 is 15.4 Å². The lowest BCUT2D eigenvalue weighted by Crippen LogP contribution is -2.00. The Morgan fingerprint density at radius 2 is 2.40 bits per heavy atom. The highest BCUT2D eigenvalue weighted by Gasteiger charge is 2.03. The summed E-state index contributed by atoms with van der Waals surface area (Å²) in [6.45, 7) is 3.38. The van der Waals surface area contributed by atoms with Crippen LogP contribution in [0.2, 0.25) is 0 Å². The molecule has 0 aliphatic heterocycles. The molecule has 2 nitrogen and oxygen atoms in total. The number of carboxylic acids is 1. The van der Waals surface area contributed by atoms with E-state index in [0.717, 1.165) is 0 Å². The standard InChI is InChI=1S/C8H16O2/c1-3-4-7(2)5-6-8(9)10/h7H,3-6H2,1-2H3,(H,9,10)/i5D2,6D2. The van der Waals surface area contributed by atoms with Crippen LogP contribution in [0, 0.1) is 5.92 Å². The minimum absolute atomic E-state index is 0.472. The van der Waals surface area contributed by atoms with Crippen LogP contribution in [-0.4, -0.2) is 11.1 Å². The second kappa shape index (κ2) is 5.27. The third kappa shape index (κ3) is 5.60. The molecule has 60 valence electrons. The SMILES string of the molecule is [2H]C([2H])(C(=O)O)C([2H])([2H])C(C)CCC. The molecule has 2 heteroatoms. The summed E-state index contributed by atoms with van der Waals surface area (Å²) in [5, 5.41) is 8.58. The first-order valence-electron chi connectivity index (χ1n) is 5.41. The minimum Gasteiger partial charge on any atom is -0.481 e. The Morgan fingerprint density at radius 1 is 1.80 bits per heavy atom. The van der Waals surface area contributed by atoms with Gasteiger partial charge in [0, 0.05) is 11.9 Å². The molecule has 0 amide bonds. The first-order chi connectivity index (χ1) is 6.17. The summed E-state index contributed by atoms with van der Waals surface area (Å²) in [5.41, 5.74) is 0. The molecule has 0 fully saturated rings. The first-order valence-corrected chi connectivity index (χ1v) is 3.41. The van der Waals surface area contributed by atoms with Gasteiger partial charge in [-0.05, 0) is 12.3 Å². The molecule has 1 atom stereocenters. The highest BCUT2D eigenvalue weighted by Crippen LogP contribution is 2.11. The van der Waals surface area contributed by atoms with Crippen molar-refractivity contribution in [3.63, 3.8) is 0 Å². The smallest absolute Gasteiger partial charge is 0.303 e. The predicted octanol–water partition coefficient (Wildman–Crippen LogP) is 2.29. The number of hydrogen-bond acceptors (Lipinski definition) is 1. The van der Waals surface area contributed by atoms with Gasteiger partial charge in [0.05, 0.1) is 0 Å². The summed E-state index contributed by atoms with van der Waals surface area (Å²) >= 11 is 0. The van der Waals surface area contributed by atoms with Crippen molar-refractivity contribution in [3.8, 4) is 0 Å². The second-order valence-corrected chi connectivity index (χ2v) is 2.26. The lowest BCUT2D eigenvalue weighted by Gasteiger charge is -2.06. The highest BCUT2D eigenvalue weighted by atomic mass is 16.4. The molecule has 0 spiro atoms. The van der Waals surface area contributed by atoms with Gasteiger partial charge in [-0.25, -0.2) is 0 Å². The fourth-order valence-electron chi connectivity index (χ4n) is 0.690. The summed E-state index contributed by atoms with van der Waals surface area (Å²) in [7, 11) is 0. The van der Waals surface area contributed by atoms with Crippen molar-refractivity contribution >= 4 is 5.97 Å². The van der Waals surface area contributed by atoms with Crippen LogP contribution in [0.1, 0.15) is 44.9 Å². The Morgan fingerprint density at radius 3 is 2.80 bits per heavy atom. The Labute approximate surface area is 67.9 Å². The van der Waals surface area contributed by atoms with Gasteiger partial charge in [-0.2, -0.15) is 0 Å². The van der Waals surface area contributed by atoms with Gasteiger partial charge in [-0.3, -0.25) is 4.79 Å². The normalized spacial score (nSPS) is 21.8. The molecule has 0 aliphatic carbocycles. The Bertz CT molecular complexity index is 215. The quantitative estimate of drug-likeness (QED) is 0.649. The number of rotatable bonds is 5. The van der Waals surface area contributed by atoms with Gasteiger partial charge in [-0.1, -0.05) is 26.7 Å². The van der Waals surface area contributed by atoms with Crippen molar-refractivity contribution in [2.24, 2.45) is 5.92 Å². The zero-order valence-electron chi connectivity index (χ0n) is 10.3. The number of aliphatic carboxylic acids is 1. The topological polar surface area (TPSA) is 37.3 Å². The van der Waals surface area contributed by atoms with Crippen molar-refractivity contribution in [3.05, 3.63) is 0 Å². The molecular formula is C8H16O2. The van der Waals surface area contributed by atoms with E-state index in [1.165, 1.54) is 6.92 Å². The van der Waals surface area contributed by atoms with Gasteiger partial charge in [0.15, 0.2) is 0 Å². The van der Waals surface area contributed by atoms with Gasteiger partial charge in [-0.15, -0.1) is 0 Å². The van der Waals surface area contributed by atoms with Crippen LogP contribution < -0.4 is 0 Å². The molecule has 0 aliphatic rings. The maximum absolute atomic E-state index is 10.6. The van der Waals surface area contributed by atoms with E-state index in [9.17, 15) is 4.79 Å². The molecule has 0 heterocycles. The van der Waals surface area contributed by atoms with Crippen LogP contribution in [0.5, 0.6) is 0 Å². The monoisotopic (exact) mass is 148 g/mol. The zero-order valence-corrected chi connectivity index (χ0v) is 6.35. The molecule has 0 aromatic carbocycles. The van der Waals surface area contributed by atoms with Gasteiger partial charge >= 0.3 is 5.97 Å². The molecule has 1 unspecified atom stereocenters. The lowest BCUT2D eigenvalue weighted by atomic mass is 10.0. The average molecular weight is 148 g/mol. The van der Waals surface area contributed by atoms with E-state index in [1.54, 1.807) is 0 Å². The van der Waals surface area contributed by atoms with Crippen LogP contribution in [0.15, 0.2) is 0 Å². The molecule has 0 saturated carbocycles. The molecule has 0 saturated heterocycles. The molecule has 0 radical (unpaired) electrons. The summed E-state index contributed by atoms with van der Waals surface area (Å²) in [6.07, 6.45) is -3.99. The molecule has 0 rings (SSSR count). The summed E-state index contributed by atoms with van der Waals surface area (Å²) in [5.74, 6) is -2.36. The molecule has 10 heavy (non-hydrogen) atoms. The van der Waals surface area contributed by atoms with Crippen LogP contribution >= 0.6 is 0 Å². The molecule has 0 aromatic heterocycles. The van der Waals surface area contributed by atoms with E-state index in [0.29, 0.717) is 12.8 Å². The summed E-state index contributed by atoms with van der Waals surface area (Å²) in [6, 6.07) is 0. The second-order valence-electron chi connectivity index (χ2n) is 2.26. The van der Waals surface area contributed by atoms with Crippen molar-refractivity contribution in [2.45, 2.75) is 39.4 Å².